The monoisotopic (exact) mass is 267 g/mol. The molecular weight excluding hydrogens is 250 g/mol. The van der Waals surface area contributed by atoms with E-state index in [4.69, 9.17) is 5.73 Å². The van der Waals surface area contributed by atoms with Crippen LogP contribution in [0.2, 0.25) is 0 Å². The number of aryl methyl sites for hydroxylation is 1. The molecular formula is C13H18BrN. The molecule has 0 aliphatic heterocycles. The Kier molecular flexibility index (Phi) is 5.06. The molecule has 0 radical (unpaired) electrons. The van der Waals surface area contributed by atoms with E-state index in [0.29, 0.717) is 0 Å². The van der Waals surface area contributed by atoms with E-state index in [1.807, 2.05) is 6.08 Å². The molecule has 1 aromatic rings. The fourth-order valence-electron chi connectivity index (χ4n) is 1.65. The fourth-order valence-corrected chi connectivity index (χ4v) is 2.03. The maximum absolute atomic E-state index is 6.15. The second-order valence-electron chi connectivity index (χ2n) is 3.83. The predicted octanol–water partition coefficient (Wildman–Crippen LogP) is 4.11. The quantitative estimate of drug-likeness (QED) is 0.631. The molecule has 2 heteroatoms. The summed E-state index contributed by atoms with van der Waals surface area (Å²) < 4.78 is 1.10. The third-order valence-corrected chi connectivity index (χ3v) is 3.06. The van der Waals surface area contributed by atoms with Crippen LogP contribution >= 0.6 is 15.9 Å². The van der Waals surface area contributed by atoms with Crippen LogP contribution in [0.3, 0.4) is 0 Å². The van der Waals surface area contributed by atoms with Gasteiger partial charge in [-0.05, 0) is 49.4 Å². The number of benzene rings is 1. The summed E-state index contributed by atoms with van der Waals surface area (Å²) in [6.07, 6.45) is 5.11. The Morgan fingerprint density at radius 3 is 2.93 bits per heavy atom. The van der Waals surface area contributed by atoms with E-state index in [1.54, 1.807) is 0 Å². The number of nitrogens with two attached hydrogens (primary N) is 1. The smallest absolute Gasteiger partial charge is 0.0297 e. The zero-order valence-electron chi connectivity index (χ0n) is 9.17. The Balaban J connectivity index is 2.67. The van der Waals surface area contributed by atoms with Gasteiger partial charge in [0.2, 0.25) is 0 Å². The van der Waals surface area contributed by atoms with Crippen molar-refractivity contribution < 1.29 is 0 Å². The van der Waals surface area contributed by atoms with Gasteiger partial charge < -0.3 is 5.73 Å². The molecule has 0 bridgehead atoms. The highest BCUT2D eigenvalue weighted by molar-refractivity contribution is 9.10. The Hall–Kier alpha value is -0.600. The van der Waals surface area contributed by atoms with Crippen molar-refractivity contribution >= 4 is 15.9 Å². The van der Waals surface area contributed by atoms with Crippen molar-refractivity contribution in [1.82, 2.24) is 0 Å². The van der Waals surface area contributed by atoms with Gasteiger partial charge in [-0.1, -0.05) is 28.1 Å². The van der Waals surface area contributed by atoms with Crippen LogP contribution in [-0.2, 0) is 0 Å². The third-order valence-electron chi connectivity index (χ3n) is 2.56. The van der Waals surface area contributed by atoms with Crippen molar-refractivity contribution in [2.45, 2.75) is 32.2 Å². The molecule has 1 rings (SSSR count). The summed E-state index contributed by atoms with van der Waals surface area (Å²) in [6, 6.07) is 6.41. The number of unbranched alkanes of at least 4 members (excludes halogenated alkanes) is 1. The number of hydrogen-bond donors (Lipinski definition) is 1. The maximum Gasteiger partial charge on any atom is 0.0297 e. The summed E-state index contributed by atoms with van der Waals surface area (Å²) in [7, 11) is 0. The number of hydrogen-bond acceptors (Lipinski definition) is 1. The molecule has 1 nitrogen and oxygen atoms in total. The van der Waals surface area contributed by atoms with E-state index in [-0.39, 0.29) is 6.04 Å². The second-order valence-corrected chi connectivity index (χ2v) is 4.74. The molecule has 0 amide bonds. The number of allylic oxidation sites excluding steroid dienone is 1. The van der Waals surface area contributed by atoms with Crippen LogP contribution in [0.1, 0.15) is 36.4 Å². The van der Waals surface area contributed by atoms with Crippen LogP contribution < -0.4 is 5.73 Å². The SMILES string of the molecule is C=CCCCC(N)c1cc(Br)ccc1C. The molecule has 15 heavy (non-hydrogen) atoms. The van der Waals surface area contributed by atoms with Gasteiger partial charge in [0.15, 0.2) is 0 Å². The third kappa shape index (κ3) is 3.80. The van der Waals surface area contributed by atoms with E-state index >= 15 is 0 Å². The lowest BCUT2D eigenvalue weighted by molar-refractivity contribution is 0.614. The lowest BCUT2D eigenvalue weighted by atomic mass is 9.98. The highest BCUT2D eigenvalue weighted by Crippen LogP contribution is 2.24. The lowest BCUT2D eigenvalue weighted by Gasteiger charge is -2.14. The highest BCUT2D eigenvalue weighted by Gasteiger charge is 2.08. The number of halogens is 1. The Morgan fingerprint density at radius 1 is 1.53 bits per heavy atom. The van der Waals surface area contributed by atoms with Gasteiger partial charge in [-0.25, -0.2) is 0 Å². The molecule has 82 valence electrons. The van der Waals surface area contributed by atoms with E-state index in [9.17, 15) is 0 Å². The van der Waals surface area contributed by atoms with Crippen LogP contribution in [0.15, 0.2) is 35.3 Å². The minimum atomic E-state index is 0.141. The largest absolute Gasteiger partial charge is 0.324 e. The fraction of sp³-hybridized carbons (Fsp3) is 0.385. The standard InChI is InChI=1S/C13H18BrN/c1-3-4-5-6-13(15)12-9-11(14)8-7-10(12)2/h3,7-9,13H,1,4-6,15H2,2H3. The topological polar surface area (TPSA) is 26.0 Å². The van der Waals surface area contributed by atoms with Crippen molar-refractivity contribution in [3.63, 3.8) is 0 Å². The molecule has 2 N–H and O–H groups in total. The van der Waals surface area contributed by atoms with E-state index in [0.717, 1.165) is 23.7 Å². The van der Waals surface area contributed by atoms with Gasteiger partial charge in [0.25, 0.3) is 0 Å². The normalized spacial score (nSPS) is 12.5. The molecule has 0 spiro atoms. The molecule has 0 saturated heterocycles. The van der Waals surface area contributed by atoms with Gasteiger partial charge in [-0.2, -0.15) is 0 Å². The lowest BCUT2D eigenvalue weighted by Crippen LogP contribution is -2.11. The second kappa shape index (κ2) is 6.09. The summed E-state index contributed by atoms with van der Waals surface area (Å²) >= 11 is 3.47. The van der Waals surface area contributed by atoms with E-state index in [1.165, 1.54) is 11.1 Å². The van der Waals surface area contributed by atoms with Gasteiger partial charge in [0, 0.05) is 10.5 Å². The van der Waals surface area contributed by atoms with Crippen LogP contribution in [0.25, 0.3) is 0 Å². The van der Waals surface area contributed by atoms with Crippen molar-refractivity contribution in [2.75, 3.05) is 0 Å². The maximum atomic E-state index is 6.15. The zero-order chi connectivity index (χ0) is 11.3. The minimum absolute atomic E-state index is 0.141. The van der Waals surface area contributed by atoms with Crippen LogP contribution in [-0.4, -0.2) is 0 Å². The molecule has 0 aliphatic carbocycles. The Labute approximate surface area is 101 Å². The van der Waals surface area contributed by atoms with Crippen LogP contribution in [0.4, 0.5) is 0 Å². The van der Waals surface area contributed by atoms with E-state index in [2.05, 4.69) is 47.6 Å². The summed E-state index contributed by atoms with van der Waals surface area (Å²) in [5.41, 5.74) is 8.66. The first-order valence-corrected chi connectivity index (χ1v) is 6.07. The van der Waals surface area contributed by atoms with Gasteiger partial charge >= 0.3 is 0 Å². The van der Waals surface area contributed by atoms with Crippen molar-refractivity contribution in [2.24, 2.45) is 5.73 Å². The first kappa shape index (κ1) is 12.5. The molecule has 0 heterocycles. The summed E-state index contributed by atoms with van der Waals surface area (Å²) in [6.45, 7) is 5.82. The molecule has 1 atom stereocenters. The van der Waals surface area contributed by atoms with Gasteiger partial charge in [-0.3, -0.25) is 0 Å². The zero-order valence-corrected chi connectivity index (χ0v) is 10.8. The van der Waals surface area contributed by atoms with Crippen molar-refractivity contribution in [3.8, 4) is 0 Å². The van der Waals surface area contributed by atoms with Gasteiger partial charge in [0.1, 0.15) is 0 Å². The average Bonchev–Trinajstić information content (AvgIpc) is 2.22. The van der Waals surface area contributed by atoms with Gasteiger partial charge in [0.05, 0.1) is 0 Å². The summed E-state index contributed by atoms with van der Waals surface area (Å²) in [5, 5.41) is 0. The first-order valence-electron chi connectivity index (χ1n) is 5.27. The molecule has 0 saturated carbocycles. The number of rotatable bonds is 5. The molecule has 1 aromatic carbocycles. The Morgan fingerprint density at radius 2 is 2.27 bits per heavy atom. The minimum Gasteiger partial charge on any atom is -0.324 e. The molecule has 0 fully saturated rings. The molecule has 0 aliphatic rings. The summed E-state index contributed by atoms with van der Waals surface area (Å²) in [4.78, 5) is 0. The van der Waals surface area contributed by atoms with Crippen molar-refractivity contribution in [1.29, 1.82) is 0 Å². The molecule has 0 aromatic heterocycles. The predicted molar refractivity (Wildman–Crippen MR) is 69.9 cm³/mol. The van der Waals surface area contributed by atoms with E-state index < -0.39 is 0 Å². The summed E-state index contributed by atoms with van der Waals surface area (Å²) in [5.74, 6) is 0. The van der Waals surface area contributed by atoms with Crippen LogP contribution in [0.5, 0.6) is 0 Å². The van der Waals surface area contributed by atoms with Gasteiger partial charge in [-0.15, -0.1) is 6.58 Å². The van der Waals surface area contributed by atoms with Crippen molar-refractivity contribution in [3.05, 3.63) is 46.5 Å². The highest BCUT2D eigenvalue weighted by atomic mass is 79.9. The average molecular weight is 268 g/mol. The Bertz CT molecular complexity index is 333. The first-order chi connectivity index (χ1) is 7.15. The molecule has 1 unspecified atom stereocenters. The van der Waals surface area contributed by atoms with Crippen LogP contribution in [0, 0.1) is 6.92 Å².